The van der Waals surface area contributed by atoms with E-state index in [1.54, 1.807) is 42.5 Å². The average Bonchev–Trinajstić information content (AvgIpc) is 2.83. The van der Waals surface area contributed by atoms with Crippen molar-refractivity contribution in [3.05, 3.63) is 66.2 Å². The highest BCUT2D eigenvalue weighted by Crippen LogP contribution is 2.37. The number of rotatable bonds is 5. The zero-order chi connectivity index (χ0) is 18.0. The number of amides is 2. The van der Waals surface area contributed by atoms with E-state index in [2.05, 4.69) is 17.2 Å². The molecule has 1 heterocycles. The summed E-state index contributed by atoms with van der Waals surface area (Å²) in [6.45, 7) is 7.76. The monoisotopic (exact) mass is 336 g/mol. The molecule has 0 saturated heterocycles. The van der Waals surface area contributed by atoms with Gasteiger partial charge in [0.05, 0.1) is 5.41 Å². The first-order valence-corrected chi connectivity index (χ1v) is 8.03. The van der Waals surface area contributed by atoms with E-state index in [9.17, 15) is 9.59 Å². The molecule has 0 fully saturated rings. The fourth-order valence-corrected chi connectivity index (χ4v) is 2.73. The molecule has 25 heavy (non-hydrogen) atoms. The van der Waals surface area contributed by atoms with Crippen molar-refractivity contribution < 1.29 is 14.3 Å². The van der Waals surface area contributed by atoms with Crippen molar-refractivity contribution in [2.75, 3.05) is 17.2 Å². The number of nitrogens with one attached hydrogen (secondary N) is 2. The molecule has 0 bridgehead atoms. The molecular formula is C20H20N2O3. The summed E-state index contributed by atoms with van der Waals surface area (Å²) in [4.78, 5) is 24.4. The first-order chi connectivity index (χ1) is 11.9. The molecule has 2 N–H and O–H groups in total. The standard InChI is InChI=1S/C20H20N2O3/c1-4-11-25-15-8-6-14(7-9-15)21-18(23)13-5-10-16-17(12-13)22-19(24)20(16,2)3/h4-10,12H,1,11H2,2-3H3,(H,21,23)(H,22,24). The summed E-state index contributed by atoms with van der Waals surface area (Å²) in [5.74, 6) is 0.414. The molecule has 0 radical (unpaired) electrons. The number of ether oxygens (including phenoxy) is 1. The Balaban J connectivity index is 1.73. The van der Waals surface area contributed by atoms with Crippen LogP contribution in [0.2, 0.25) is 0 Å². The van der Waals surface area contributed by atoms with Gasteiger partial charge in [-0.15, -0.1) is 0 Å². The number of carbonyl (C=O) groups is 2. The van der Waals surface area contributed by atoms with Crippen molar-refractivity contribution in [2.24, 2.45) is 0 Å². The van der Waals surface area contributed by atoms with Crippen LogP contribution in [0, 0.1) is 0 Å². The topological polar surface area (TPSA) is 67.4 Å². The van der Waals surface area contributed by atoms with Gasteiger partial charge in [-0.3, -0.25) is 9.59 Å². The van der Waals surface area contributed by atoms with E-state index >= 15 is 0 Å². The van der Waals surface area contributed by atoms with Crippen LogP contribution in [0.25, 0.3) is 0 Å². The van der Waals surface area contributed by atoms with Crippen LogP contribution in [0.5, 0.6) is 5.75 Å². The van der Waals surface area contributed by atoms with Gasteiger partial charge in [0.2, 0.25) is 5.91 Å². The van der Waals surface area contributed by atoms with Crippen LogP contribution in [0.3, 0.4) is 0 Å². The van der Waals surface area contributed by atoms with Gasteiger partial charge in [0.15, 0.2) is 0 Å². The minimum absolute atomic E-state index is 0.0600. The molecule has 3 rings (SSSR count). The first-order valence-electron chi connectivity index (χ1n) is 8.03. The summed E-state index contributed by atoms with van der Waals surface area (Å²) in [7, 11) is 0. The molecule has 0 aliphatic carbocycles. The zero-order valence-corrected chi connectivity index (χ0v) is 14.3. The summed E-state index contributed by atoms with van der Waals surface area (Å²) in [6, 6.07) is 12.4. The van der Waals surface area contributed by atoms with Crippen molar-refractivity contribution in [2.45, 2.75) is 19.3 Å². The molecule has 0 spiro atoms. The van der Waals surface area contributed by atoms with Crippen LogP contribution in [0.15, 0.2) is 55.1 Å². The Morgan fingerprint density at radius 2 is 1.96 bits per heavy atom. The molecule has 2 aromatic carbocycles. The number of benzene rings is 2. The van der Waals surface area contributed by atoms with Gasteiger partial charge in [-0.25, -0.2) is 0 Å². The third kappa shape index (κ3) is 3.26. The lowest BCUT2D eigenvalue weighted by molar-refractivity contribution is -0.119. The van der Waals surface area contributed by atoms with E-state index in [4.69, 9.17) is 4.74 Å². The summed E-state index contributed by atoms with van der Waals surface area (Å²) < 4.78 is 5.41. The van der Waals surface area contributed by atoms with E-state index < -0.39 is 5.41 Å². The Bertz CT molecular complexity index is 839. The number of hydrogen-bond donors (Lipinski definition) is 2. The van der Waals surface area contributed by atoms with Crippen LogP contribution in [0.4, 0.5) is 11.4 Å². The molecule has 1 aliphatic rings. The van der Waals surface area contributed by atoms with E-state index in [-0.39, 0.29) is 11.8 Å². The predicted octanol–water partition coefficient (Wildman–Crippen LogP) is 3.73. The number of hydrogen-bond acceptors (Lipinski definition) is 3. The number of fused-ring (bicyclic) bond motifs is 1. The molecule has 0 unspecified atom stereocenters. The van der Waals surface area contributed by atoms with Gasteiger partial charge in [-0.1, -0.05) is 18.7 Å². The minimum Gasteiger partial charge on any atom is -0.490 e. The fraction of sp³-hybridized carbons (Fsp3) is 0.200. The van der Waals surface area contributed by atoms with Crippen LogP contribution in [-0.2, 0) is 10.2 Å². The largest absolute Gasteiger partial charge is 0.490 e. The predicted molar refractivity (Wildman–Crippen MR) is 98.2 cm³/mol. The molecule has 5 nitrogen and oxygen atoms in total. The third-order valence-corrected chi connectivity index (χ3v) is 4.25. The van der Waals surface area contributed by atoms with Crippen molar-refractivity contribution in [3.63, 3.8) is 0 Å². The van der Waals surface area contributed by atoms with E-state index in [0.717, 1.165) is 5.56 Å². The molecule has 5 heteroatoms. The van der Waals surface area contributed by atoms with Gasteiger partial charge < -0.3 is 15.4 Å². The maximum absolute atomic E-state index is 12.4. The van der Waals surface area contributed by atoms with Crippen LogP contribution in [-0.4, -0.2) is 18.4 Å². The van der Waals surface area contributed by atoms with Crippen molar-refractivity contribution in [1.82, 2.24) is 0 Å². The minimum atomic E-state index is -0.578. The zero-order valence-electron chi connectivity index (χ0n) is 14.3. The molecule has 128 valence electrons. The molecule has 0 atom stereocenters. The summed E-state index contributed by atoms with van der Waals surface area (Å²) in [5, 5.41) is 5.67. The fourth-order valence-electron chi connectivity index (χ4n) is 2.73. The van der Waals surface area contributed by atoms with Crippen molar-refractivity contribution >= 4 is 23.2 Å². The normalized spacial score (nSPS) is 14.4. The highest BCUT2D eigenvalue weighted by atomic mass is 16.5. The highest BCUT2D eigenvalue weighted by Gasteiger charge is 2.38. The van der Waals surface area contributed by atoms with Crippen LogP contribution < -0.4 is 15.4 Å². The maximum atomic E-state index is 12.4. The highest BCUT2D eigenvalue weighted by molar-refractivity contribution is 6.09. The number of carbonyl (C=O) groups excluding carboxylic acids is 2. The van der Waals surface area contributed by atoms with Gasteiger partial charge in [-0.2, -0.15) is 0 Å². The summed E-state index contributed by atoms with van der Waals surface area (Å²) in [6.07, 6.45) is 1.67. The molecule has 2 amide bonds. The molecule has 2 aromatic rings. The second kappa shape index (κ2) is 6.43. The quantitative estimate of drug-likeness (QED) is 0.818. The SMILES string of the molecule is C=CCOc1ccc(NC(=O)c2ccc3c(c2)NC(=O)C3(C)C)cc1. The van der Waals surface area contributed by atoms with Crippen molar-refractivity contribution in [1.29, 1.82) is 0 Å². The summed E-state index contributed by atoms with van der Waals surface area (Å²) >= 11 is 0. The average molecular weight is 336 g/mol. The maximum Gasteiger partial charge on any atom is 0.255 e. The Labute approximate surface area is 146 Å². The Hall–Kier alpha value is -3.08. The molecule has 0 aromatic heterocycles. The lowest BCUT2D eigenvalue weighted by atomic mass is 9.86. The van der Waals surface area contributed by atoms with Gasteiger partial charge in [0.1, 0.15) is 12.4 Å². The molecule has 1 aliphatic heterocycles. The lowest BCUT2D eigenvalue weighted by Gasteiger charge is -2.15. The Kier molecular flexibility index (Phi) is 4.31. The third-order valence-electron chi connectivity index (χ3n) is 4.25. The van der Waals surface area contributed by atoms with E-state index in [0.29, 0.717) is 29.3 Å². The van der Waals surface area contributed by atoms with Gasteiger partial charge in [-0.05, 0) is 55.8 Å². The summed E-state index contributed by atoms with van der Waals surface area (Å²) in [5.41, 5.74) is 2.17. The Morgan fingerprint density at radius 3 is 2.64 bits per heavy atom. The second-order valence-corrected chi connectivity index (χ2v) is 6.42. The smallest absolute Gasteiger partial charge is 0.255 e. The Morgan fingerprint density at radius 1 is 1.24 bits per heavy atom. The second-order valence-electron chi connectivity index (χ2n) is 6.42. The van der Waals surface area contributed by atoms with Gasteiger partial charge >= 0.3 is 0 Å². The van der Waals surface area contributed by atoms with Crippen LogP contribution in [0.1, 0.15) is 29.8 Å². The van der Waals surface area contributed by atoms with Gasteiger partial charge in [0, 0.05) is 16.9 Å². The van der Waals surface area contributed by atoms with E-state index in [1.165, 1.54) is 0 Å². The first kappa shape index (κ1) is 16.8. The van der Waals surface area contributed by atoms with Crippen molar-refractivity contribution in [3.8, 4) is 5.75 Å². The van der Waals surface area contributed by atoms with Crippen LogP contribution >= 0.6 is 0 Å². The molecular weight excluding hydrogens is 316 g/mol. The van der Waals surface area contributed by atoms with E-state index in [1.807, 2.05) is 19.9 Å². The van der Waals surface area contributed by atoms with Gasteiger partial charge in [0.25, 0.3) is 5.91 Å². The molecule has 0 saturated carbocycles. The number of anilines is 2. The lowest BCUT2D eigenvalue weighted by Crippen LogP contribution is -2.26.